The van der Waals surface area contributed by atoms with Gasteiger partial charge in [0.1, 0.15) is 5.75 Å². The van der Waals surface area contributed by atoms with Crippen molar-refractivity contribution in [2.75, 3.05) is 0 Å². The van der Waals surface area contributed by atoms with Gasteiger partial charge in [-0.15, -0.1) is 0 Å². The Labute approximate surface area is 121 Å². The number of nitrogens with two attached hydrogens (primary N) is 1. The highest BCUT2D eigenvalue weighted by Gasteiger charge is 2.11. The Balaban J connectivity index is 2.04. The number of carbonyl (C=O) groups is 1. The smallest absolute Gasteiger partial charge is 0.255 e. The summed E-state index contributed by atoms with van der Waals surface area (Å²) in [5.41, 5.74) is 0.815. The third-order valence-corrected chi connectivity index (χ3v) is 3.68. The number of carbonyl (C=O) groups excluding carboxylic acids is 1. The van der Waals surface area contributed by atoms with Gasteiger partial charge in [0.15, 0.2) is 0 Å². The first-order valence-electron chi connectivity index (χ1n) is 5.91. The average molecular weight is 307 g/mol. The van der Waals surface area contributed by atoms with Crippen LogP contribution in [0, 0.1) is 0 Å². The summed E-state index contributed by atoms with van der Waals surface area (Å²) in [7, 11) is -3.73. The summed E-state index contributed by atoms with van der Waals surface area (Å²) in [6.07, 6.45) is 2.57. The zero-order chi connectivity index (χ0) is 15.5. The van der Waals surface area contributed by atoms with Crippen LogP contribution in [0.15, 0.2) is 47.6 Å². The molecule has 1 heterocycles. The van der Waals surface area contributed by atoms with E-state index in [1.807, 2.05) is 0 Å². The molecule has 0 atom stereocenters. The van der Waals surface area contributed by atoms with Crippen LogP contribution in [0.1, 0.15) is 15.9 Å². The Morgan fingerprint density at radius 3 is 2.48 bits per heavy atom. The molecule has 1 aromatic carbocycles. The molecule has 7 nitrogen and oxygen atoms in total. The summed E-state index contributed by atoms with van der Waals surface area (Å²) < 4.78 is 22.2. The van der Waals surface area contributed by atoms with Crippen LogP contribution >= 0.6 is 0 Å². The molecule has 4 N–H and O–H groups in total. The minimum absolute atomic E-state index is 0.00403. The van der Waals surface area contributed by atoms with Crippen molar-refractivity contribution >= 4 is 15.9 Å². The van der Waals surface area contributed by atoms with Crippen LogP contribution in [0.4, 0.5) is 0 Å². The number of hydrogen-bond acceptors (Lipinski definition) is 5. The molecule has 8 heteroatoms. The molecule has 0 bridgehead atoms. The van der Waals surface area contributed by atoms with E-state index >= 15 is 0 Å². The number of nitrogens with one attached hydrogen (secondary N) is 1. The number of aromatic nitrogens is 1. The molecule has 0 fully saturated rings. The van der Waals surface area contributed by atoms with Crippen LogP contribution in [0.2, 0.25) is 0 Å². The maximum atomic E-state index is 11.9. The fraction of sp³-hybridized carbons (Fsp3) is 0.0769. The molecule has 0 spiro atoms. The van der Waals surface area contributed by atoms with Gasteiger partial charge < -0.3 is 10.4 Å². The number of primary sulfonamides is 1. The predicted octanol–water partition coefficient (Wildman–Crippen LogP) is 0.365. The van der Waals surface area contributed by atoms with Crippen LogP contribution in [0.3, 0.4) is 0 Å². The number of nitrogens with zero attached hydrogens (tertiary/aromatic N) is 1. The zero-order valence-electron chi connectivity index (χ0n) is 10.9. The SMILES string of the molecule is NS(=O)(=O)c1ccc(CNC(=O)c2ccncc2O)cc1. The van der Waals surface area contributed by atoms with E-state index < -0.39 is 15.9 Å². The van der Waals surface area contributed by atoms with E-state index in [1.54, 1.807) is 12.1 Å². The molecule has 21 heavy (non-hydrogen) atoms. The normalized spacial score (nSPS) is 11.1. The Bertz CT molecular complexity index is 757. The predicted molar refractivity (Wildman–Crippen MR) is 74.9 cm³/mol. The van der Waals surface area contributed by atoms with Crippen LogP contribution in [-0.2, 0) is 16.6 Å². The van der Waals surface area contributed by atoms with E-state index in [9.17, 15) is 18.3 Å². The molecule has 0 unspecified atom stereocenters. The van der Waals surface area contributed by atoms with Gasteiger partial charge in [0.25, 0.3) is 5.91 Å². The lowest BCUT2D eigenvalue weighted by molar-refractivity contribution is 0.0948. The van der Waals surface area contributed by atoms with Crippen LogP contribution in [-0.4, -0.2) is 24.4 Å². The summed E-state index contributed by atoms with van der Waals surface area (Å²) in [6.45, 7) is 0.186. The second-order valence-electron chi connectivity index (χ2n) is 4.26. The van der Waals surface area contributed by atoms with Crippen LogP contribution in [0.25, 0.3) is 0 Å². The first-order valence-corrected chi connectivity index (χ1v) is 7.45. The number of sulfonamides is 1. The van der Waals surface area contributed by atoms with E-state index in [0.717, 1.165) is 0 Å². The highest BCUT2D eigenvalue weighted by atomic mass is 32.2. The fourth-order valence-corrected chi connectivity index (χ4v) is 2.17. The van der Waals surface area contributed by atoms with Gasteiger partial charge in [-0.1, -0.05) is 12.1 Å². The van der Waals surface area contributed by atoms with Gasteiger partial charge in [-0.2, -0.15) is 0 Å². The van der Waals surface area contributed by atoms with Crippen molar-refractivity contribution in [3.05, 3.63) is 53.9 Å². The van der Waals surface area contributed by atoms with E-state index in [2.05, 4.69) is 10.3 Å². The number of aromatic hydroxyl groups is 1. The summed E-state index contributed by atoms with van der Waals surface area (Å²) in [5, 5.41) is 17.1. The summed E-state index contributed by atoms with van der Waals surface area (Å²) in [4.78, 5) is 15.5. The van der Waals surface area contributed by atoms with Crippen molar-refractivity contribution in [3.8, 4) is 5.75 Å². The maximum absolute atomic E-state index is 11.9. The molecule has 0 saturated heterocycles. The zero-order valence-corrected chi connectivity index (χ0v) is 11.7. The van der Waals surface area contributed by atoms with Crippen LogP contribution < -0.4 is 10.5 Å². The first kappa shape index (κ1) is 14.9. The van der Waals surface area contributed by atoms with Crippen molar-refractivity contribution in [3.63, 3.8) is 0 Å². The molecule has 2 aromatic rings. The lowest BCUT2D eigenvalue weighted by Gasteiger charge is -2.07. The van der Waals surface area contributed by atoms with Gasteiger partial charge in [0, 0.05) is 12.7 Å². The molecule has 0 aliphatic carbocycles. The second-order valence-corrected chi connectivity index (χ2v) is 5.83. The summed E-state index contributed by atoms with van der Waals surface area (Å²) in [6, 6.07) is 7.22. The highest BCUT2D eigenvalue weighted by Crippen LogP contribution is 2.14. The molecule has 0 aliphatic heterocycles. The van der Waals surface area contributed by atoms with Crippen molar-refractivity contribution < 1.29 is 18.3 Å². The summed E-state index contributed by atoms with van der Waals surface area (Å²) in [5.74, 6) is -0.662. The second kappa shape index (κ2) is 5.90. The molecule has 1 amide bonds. The van der Waals surface area contributed by atoms with E-state index in [-0.39, 0.29) is 22.8 Å². The average Bonchev–Trinajstić information content (AvgIpc) is 2.45. The lowest BCUT2D eigenvalue weighted by atomic mass is 10.2. The number of benzene rings is 1. The number of pyridine rings is 1. The Kier molecular flexibility index (Phi) is 4.20. The Morgan fingerprint density at radius 2 is 1.90 bits per heavy atom. The minimum Gasteiger partial charge on any atom is -0.505 e. The standard InChI is InChI=1S/C13H13N3O4S/c14-21(19,20)10-3-1-9(2-4-10)7-16-13(18)11-5-6-15-8-12(11)17/h1-6,8,17H,7H2,(H,16,18)(H2,14,19,20). The molecular weight excluding hydrogens is 294 g/mol. The molecule has 0 saturated carbocycles. The van der Waals surface area contributed by atoms with Crippen molar-refractivity contribution in [2.45, 2.75) is 11.4 Å². The quantitative estimate of drug-likeness (QED) is 0.753. The fourth-order valence-electron chi connectivity index (χ4n) is 1.65. The highest BCUT2D eigenvalue weighted by molar-refractivity contribution is 7.89. The topological polar surface area (TPSA) is 122 Å². The monoisotopic (exact) mass is 307 g/mol. The third-order valence-electron chi connectivity index (χ3n) is 2.75. The molecule has 0 radical (unpaired) electrons. The molecule has 110 valence electrons. The summed E-state index contributed by atoms with van der Waals surface area (Å²) >= 11 is 0. The van der Waals surface area contributed by atoms with Crippen molar-refractivity contribution in [1.82, 2.24) is 10.3 Å². The van der Waals surface area contributed by atoms with Gasteiger partial charge in [-0.05, 0) is 23.8 Å². The molecule has 0 aliphatic rings. The van der Waals surface area contributed by atoms with E-state index in [4.69, 9.17) is 5.14 Å². The van der Waals surface area contributed by atoms with E-state index in [1.165, 1.54) is 30.6 Å². The molecular formula is C13H13N3O4S. The van der Waals surface area contributed by atoms with Crippen LogP contribution in [0.5, 0.6) is 5.75 Å². The van der Waals surface area contributed by atoms with Gasteiger partial charge in [-0.3, -0.25) is 9.78 Å². The van der Waals surface area contributed by atoms with Crippen molar-refractivity contribution in [2.24, 2.45) is 5.14 Å². The number of amides is 1. The third kappa shape index (κ3) is 3.77. The number of rotatable bonds is 4. The largest absolute Gasteiger partial charge is 0.505 e. The van der Waals surface area contributed by atoms with Crippen molar-refractivity contribution in [1.29, 1.82) is 0 Å². The Morgan fingerprint density at radius 1 is 1.24 bits per heavy atom. The van der Waals surface area contributed by atoms with E-state index in [0.29, 0.717) is 5.56 Å². The van der Waals surface area contributed by atoms with Gasteiger partial charge in [0.2, 0.25) is 10.0 Å². The number of hydrogen-bond donors (Lipinski definition) is 3. The Hall–Kier alpha value is -2.45. The van der Waals surface area contributed by atoms with Gasteiger partial charge in [-0.25, -0.2) is 13.6 Å². The lowest BCUT2D eigenvalue weighted by Crippen LogP contribution is -2.23. The molecule has 2 rings (SSSR count). The van der Waals surface area contributed by atoms with Gasteiger partial charge in [0.05, 0.1) is 16.7 Å². The maximum Gasteiger partial charge on any atom is 0.255 e. The molecule has 1 aromatic heterocycles. The minimum atomic E-state index is -3.73. The van der Waals surface area contributed by atoms with Gasteiger partial charge >= 0.3 is 0 Å². The first-order chi connectivity index (χ1) is 9.88.